The molecule has 0 amide bonds. The molecule has 11 heteroatoms. The van der Waals surface area contributed by atoms with Gasteiger partial charge in [0.1, 0.15) is 17.3 Å². The summed E-state index contributed by atoms with van der Waals surface area (Å²) in [5, 5.41) is 17.8. The SMILES string of the molecule is CC(=O)[O-].CC(=O)[O-].CO[C]1C=C=CC=C1OC.CO[C]1C=C=CC=C1OC.CO[C]1C=C=CC=C1OC.[Bi+2]. The Hall–Kier alpha value is -3.12. The number of hydrogen-bond acceptors (Lipinski definition) is 10. The van der Waals surface area contributed by atoms with Gasteiger partial charge in [-0.05, 0) is 50.3 Å². The van der Waals surface area contributed by atoms with Crippen LogP contribution in [0, 0.1) is 18.3 Å². The Kier molecular flexibility index (Phi) is 27.4. The van der Waals surface area contributed by atoms with Gasteiger partial charge in [0.15, 0.2) is 18.3 Å². The molecule has 0 unspecified atom stereocenters. The zero-order valence-electron chi connectivity index (χ0n) is 23.2. The summed E-state index contributed by atoms with van der Waals surface area (Å²) in [7, 11) is 9.64. The largest absolute Gasteiger partial charge is 2.00 e. The number of carbonyl (C=O) groups excluding carboxylic acids is 2. The summed E-state index contributed by atoms with van der Waals surface area (Å²) >= 11 is 0. The van der Waals surface area contributed by atoms with Crippen LogP contribution in [0.15, 0.2) is 89.2 Å². The fraction of sp³-hybridized carbons (Fsp3) is 0.286. The van der Waals surface area contributed by atoms with E-state index in [2.05, 4.69) is 17.2 Å². The van der Waals surface area contributed by atoms with E-state index in [9.17, 15) is 0 Å². The van der Waals surface area contributed by atoms with Crippen LogP contribution in [0.3, 0.4) is 0 Å². The zero-order chi connectivity index (χ0) is 29.3. The predicted molar refractivity (Wildman–Crippen MR) is 141 cm³/mol. The predicted octanol–water partition coefficient (Wildman–Crippen LogP) is 1.39. The quantitative estimate of drug-likeness (QED) is 0.291. The molecule has 10 nitrogen and oxygen atoms in total. The minimum atomic E-state index is -1.08. The van der Waals surface area contributed by atoms with E-state index in [-0.39, 0.29) is 26.2 Å². The normalized spacial score (nSPS) is 14.5. The molecule has 3 aliphatic rings. The van der Waals surface area contributed by atoms with E-state index in [0.29, 0.717) is 18.3 Å². The van der Waals surface area contributed by atoms with Gasteiger partial charge in [-0.2, -0.15) is 0 Å². The Bertz CT molecular complexity index is 874. The molecular formula is C28H33BiO10. The van der Waals surface area contributed by atoms with Gasteiger partial charge in [0.05, 0.1) is 21.3 Å². The molecule has 0 aromatic carbocycles. The van der Waals surface area contributed by atoms with Crippen molar-refractivity contribution in [3.05, 3.63) is 107 Å². The minimum absolute atomic E-state index is 0. The first-order valence-electron chi connectivity index (χ1n) is 10.7. The van der Waals surface area contributed by atoms with Crippen molar-refractivity contribution >= 4 is 38.1 Å². The third-order valence-corrected chi connectivity index (χ3v) is 3.68. The van der Waals surface area contributed by atoms with Crippen molar-refractivity contribution in [2.75, 3.05) is 42.7 Å². The third-order valence-electron chi connectivity index (χ3n) is 3.68. The maximum absolute atomic E-state index is 8.89. The maximum Gasteiger partial charge on any atom is 2.00 e. The second-order valence-corrected chi connectivity index (χ2v) is 6.33. The van der Waals surface area contributed by atoms with Gasteiger partial charge in [0.25, 0.3) is 0 Å². The molecule has 39 heavy (non-hydrogen) atoms. The van der Waals surface area contributed by atoms with Crippen molar-refractivity contribution in [1.29, 1.82) is 0 Å². The summed E-state index contributed by atoms with van der Waals surface area (Å²) in [6.45, 7) is 1.94. The minimum Gasteiger partial charge on any atom is -0.550 e. The first kappa shape index (κ1) is 40.4. The van der Waals surface area contributed by atoms with Crippen LogP contribution in [0.25, 0.3) is 0 Å². The van der Waals surface area contributed by atoms with Gasteiger partial charge >= 0.3 is 26.2 Å². The first-order valence-corrected chi connectivity index (χ1v) is 10.7. The summed E-state index contributed by atoms with van der Waals surface area (Å²) in [4.78, 5) is 17.8. The Balaban J connectivity index is -0.000000434. The summed E-state index contributed by atoms with van der Waals surface area (Å²) in [5.74, 6) is 0.0451. The molecule has 0 aromatic heterocycles. The molecule has 0 aliphatic heterocycles. The van der Waals surface area contributed by atoms with E-state index in [1.807, 2.05) is 0 Å². The summed E-state index contributed by atoms with van der Waals surface area (Å²) in [6, 6.07) is 0. The molecule has 3 aliphatic carbocycles. The number of carboxylic acid groups (broad SMARTS) is 2. The van der Waals surface area contributed by atoms with Crippen molar-refractivity contribution in [2.45, 2.75) is 13.8 Å². The van der Waals surface area contributed by atoms with Crippen molar-refractivity contribution in [3.63, 3.8) is 0 Å². The Morgan fingerprint density at radius 2 is 0.744 bits per heavy atom. The Morgan fingerprint density at radius 3 is 0.872 bits per heavy atom. The molecule has 0 fully saturated rings. The molecular weight excluding hydrogens is 705 g/mol. The maximum atomic E-state index is 8.89. The van der Waals surface area contributed by atoms with Crippen LogP contribution in [-0.4, -0.2) is 80.8 Å². The Morgan fingerprint density at radius 1 is 0.538 bits per heavy atom. The second kappa shape index (κ2) is 26.5. The molecule has 6 radical (unpaired) electrons. The average Bonchev–Trinajstić information content (AvgIpc) is 2.92. The van der Waals surface area contributed by atoms with E-state index >= 15 is 0 Å². The number of carbonyl (C=O) groups is 2. The molecule has 210 valence electrons. The number of hydrogen-bond donors (Lipinski definition) is 0. The molecule has 0 atom stereocenters. The number of carboxylic acids is 2. The first-order chi connectivity index (χ1) is 18.1. The fourth-order valence-corrected chi connectivity index (χ4v) is 2.19. The molecule has 0 heterocycles. The fourth-order valence-electron chi connectivity index (χ4n) is 2.19. The molecule has 0 saturated heterocycles. The zero-order valence-corrected chi connectivity index (χ0v) is 26.7. The van der Waals surface area contributed by atoms with Gasteiger partial charge < -0.3 is 48.2 Å². The van der Waals surface area contributed by atoms with Crippen molar-refractivity contribution in [3.8, 4) is 0 Å². The number of allylic oxidation sites excluding steroid dienone is 3. The van der Waals surface area contributed by atoms with Crippen LogP contribution in [0.1, 0.15) is 13.8 Å². The van der Waals surface area contributed by atoms with Crippen molar-refractivity contribution in [1.82, 2.24) is 0 Å². The summed E-state index contributed by atoms with van der Waals surface area (Å²) in [5.41, 5.74) is 8.64. The van der Waals surface area contributed by atoms with Crippen LogP contribution >= 0.6 is 0 Å². The molecule has 3 rings (SSSR count). The van der Waals surface area contributed by atoms with Crippen LogP contribution in [0.5, 0.6) is 0 Å². The van der Waals surface area contributed by atoms with E-state index in [1.165, 1.54) is 0 Å². The standard InChI is InChI=1S/3C8H9O2.2C2H4O2.Bi/c3*1-9-7-5-3-4-6-8(7)10-2;2*1-2(3)4;/h3*3,5-6H,1-2H3;2*1H3,(H,3,4);/q;;;;;+2/p-2. The van der Waals surface area contributed by atoms with E-state index in [1.54, 1.807) is 97.3 Å². The van der Waals surface area contributed by atoms with Crippen LogP contribution in [0.2, 0.25) is 0 Å². The molecule has 0 bridgehead atoms. The molecule has 0 N–H and O–H groups in total. The summed E-state index contributed by atoms with van der Waals surface area (Å²) in [6.07, 6.45) is 18.1. The van der Waals surface area contributed by atoms with Crippen LogP contribution < -0.4 is 10.2 Å². The van der Waals surface area contributed by atoms with Crippen LogP contribution in [0.4, 0.5) is 0 Å². The van der Waals surface area contributed by atoms with Crippen molar-refractivity contribution < 1.29 is 48.2 Å². The average molecular weight is 739 g/mol. The monoisotopic (exact) mass is 738 g/mol. The number of aliphatic carboxylic acids is 2. The summed E-state index contributed by atoms with van der Waals surface area (Å²) < 4.78 is 29.9. The van der Waals surface area contributed by atoms with Gasteiger partial charge in [0.2, 0.25) is 0 Å². The molecule has 0 aromatic rings. The van der Waals surface area contributed by atoms with E-state index in [0.717, 1.165) is 31.1 Å². The topological polar surface area (TPSA) is 136 Å². The van der Waals surface area contributed by atoms with Gasteiger partial charge in [0, 0.05) is 51.5 Å². The molecule has 0 spiro atoms. The van der Waals surface area contributed by atoms with Gasteiger partial charge in [-0.25, -0.2) is 0 Å². The van der Waals surface area contributed by atoms with Gasteiger partial charge in [-0.1, -0.05) is 0 Å². The smallest absolute Gasteiger partial charge is 0.550 e. The second-order valence-electron chi connectivity index (χ2n) is 6.33. The van der Waals surface area contributed by atoms with Crippen LogP contribution in [-0.2, 0) is 38.0 Å². The number of ether oxygens (including phenoxy) is 6. The Labute approximate surface area is 249 Å². The van der Waals surface area contributed by atoms with E-state index in [4.69, 9.17) is 48.2 Å². The number of rotatable bonds is 6. The van der Waals surface area contributed by atoms with Gasteiger partial charge in [-0.15, -0.1) is 17.2 Å². The number of methoxy groups -OCH3 is 6. The van der Waals surface area contributed by atoms with E-state index < -0.39 is 11.9 Å². The van der Waals surface area contributed by atoms with Gasteiger partial charge in [-0.3, -0.25) is 0 Å². The third kappa shape index (κ3) is 21.5. The molecule has 0 saturated carbocycles. The van der Waals surface area contributed by atoms with Crippen molar-refractivity contribution in [2.24, 2.45) is 0 Å².